The number of halogens is 3. The highest BCUT2D eigenvalue weighted by molar-refractivity contribution is 7.88. The average molecular weight is 410 g/mol. The Labute approximate surface area is 161 Å². The Morgan fingerprint density at radius 2 is 1.82 bits per heavy atom. The van der Waals surface area contributed by atoms with Crippen LogP contribution in [0.5, 0.6) is 5.75 Å². The molecule has 0 heterocycles. The summed E-state index contributed by atoms with van der Waals surface area (Å²) >= 11 is 0. The van der Waals surface area contributed by atoms with Crippen LogP contribution in [0.1, 0.15) is 16.7 Å². The summed E-state index contributed by atoms with van der Waals surface area (Å²) in [6.07, 6.45) is -3.38. The van der Waals surface area contributed by atoms with Crippen molar-refractivity contribution in [1.82, 2.24) is 4.31 Å². The smallest absolute Gasteiger partial charge is 0.406 e. The molecule has 0 atom stereocenters. The Morgan fingerprint density at radius 1 is 1.14 bits per heavy atom. The molecule has 2 aromatic rings. The van der Waals surface area contributed by atoms with E-state index in [2.05, 4.69) is 11.3 Å². The van der Waals surface area contributed by atoms with Gasteiger partial charge in [-0.05, 0) is 35.4 Å². The number of nitrogens with zero attached hydrogens (tertiary/aromatic N) is 2. The minimum Gasteiger partial charge on any atom is -0.406 e. The summed E-state index contributed by atoms with van der Waals surface area (Å²) in [6.45, 7) is 3.65. The number of ether oxygens (including phenoxy) is 1. The molecule has 28 heavy (non-hydrogen) atoms. The van der Waals surface area contributed by atoms with Crippen LogP contribution < -0.4 is 4.74 Å². The molecule has 0 aromatic heterocycles. The van der Waals surface area contributed by atoms with Crippen LogP contribution in [0.25, 0.3) is 0 Å². The second-order valence-corrected chi connectivity index (χ2v) is 7.81. The Morgan fingerprint density at radius 3 is 2.39 bits per heavy atom. The maximum Gasteiger partial charge on any atom is 0.573 e. The largest absolute Gasteiger partial charge is 0.573 e. The zero-order valence-electron chi connectivity index (χ0n) is 14.7. The fraction of sp³-hybridized carbons (Fsp3) is 0.211. The topological polar surface area (TPSA) is 70.4 Å². The fourth-order valence-corrected chi connectivity index (χ4v) is 3.93. The molecular formula is C19H17F3N2O3S. The number of hydrogen-bond acceptors (Lipinski definition) is 4. The van der Waals surface area contributed by atoms with Crippen molar-refractivity contribution in [2.75, 3.05) is 6.54 Å². The normalized spacial score (nSPS) is 11.8. The van der Waals surface area contributed by atoms with Crippen LogP contribution in [0.3, 0.4) is 0 Å². The molecule has 0 spiro atoms. The number of benzene rings is 2. The van der Waals surface area contributed by atoms with Gasteiger partial charge in [-0.3, -0.25) is 0 Å². The minimum atomic E-state index is -4.81. The van der Waals surface area contributed by atoms with Crippen molar-refractivity contribution in [3.63, 3.8) is 0 Å². The van der Waals surface area contributed by atoms with Gasteiger partial charge >= 0.3 is 6.36 Å². The molecule has 2 rings (SSSR count). The van der Waals surface area contributed by atoms with Crippen LogP contribution in [0.4, 0.5) is 13.2 Å². The summed E-state index contributed by atoms with van der Waals surface area (Å²) in [7, 11) is -3.79. The second-order valence-electron chi connectivity index (χ2n) is 5.84. The van der Waals surface area contributed by atoms with Crippen LogP contribution in [0.15, 0.2) is 61.2 Å². The Balaban J connectivity index is 2.17. The molecule has 0 bridgehead atoms. The van der Waals surface area contributed by atoms with Gasteiger partial charge in [0.25, 0.3) is 0 Å². The first-order chi connectivity index (χ1) is 13.1. The minimum absolute atomic E-state index is 0.0408. The fourth-order valence-electron chi connectivity index (χ4n) is 2.45. The molecule has 0 aliphatic rings. The van der Waals surface area contributed by atoms with Crippen molar-refractivity contribution in [1.29, 1.82) is 5.26 Å². The van der Waals surface area contributed by atoms with Gasteiger partial charge in [0, 0.05) is 13.1 Å². The Bertz CT molecular complexity index is 965. The van der Waals surface area contributed by atoms with Crippen LogP contribution in [0.2, 0.25) is 0 Å². The van der Waals surface area contributed by atoms with Crippen LogP contribution >= 0.6 is 0 Å². The molecule has 0 saturated heterocycles. The van der Waals surface area contributed by atoms with Crippen molar-refractivity contribution >= 4 is 10.0 Å². The summed E-state index contributed by atoms with van der Waals surface area (Å²) in [5.41, 5.74) is 1.36. The van der Waals surface area contributed by atoms with E-state index in [4.69, 9.17) is 5.26 Å². The summed E-state index contributed by atoms with van der Waals surface area (Å²) < 4.78 is 67.1. The van der Waals surface area contributed by atoms with Gasteiger partial charge in [0.05, 0.1) is 17.4 Å². The van der Waals surface area contributed by atoms with E-state index in [1.165, 1.54) is 22.5 Å². The molecule has 0 unspecified atom stereocenters. The van der Waals surface area contributed by atoms with Gasteiger partial charge < -0.3 is 4.74 Å². The summed E-state index contributed by atoms with van der Waals surface area (Å²) in [5, 5.41) is 8.97. The van der Waals surface area contributed by atoms with Gasteiger partial charge in [0.15, 0.2) is 0 Å². The van der Waals surface area contributed by atoms with Gasteiger partial charge in [-0.2, -0.15) is 9.57 Å². The molecule has 0 N–H and O–H groups in total. The van der Waals surface area contributed by atoms with Crippen LogP contribution in [-0.2, 0) is 22.3 Å². The van der Waals surface area contributed by atoms with Gasteiger partial charge in [-0.15, -0.1) is 19.8 Å². The monoisotopic (exact) mass is 410 g/mol. The Hall–Kier alpha value is -2.83. The lowest BCUT2D eigenvalue weighted by Crippen LogP contribution is -2.32. The summed E-state index contributed by atoms with van der Waals surface area (Å²) in [6, 6.07) is 13.2. The third-order valence-corrected chi connectivity index (χ3v) is 5.41. The summed E-state index contributed by atoms with van der Waals surface area (Å²) in [4.78, 5) is 0. The maximum absolute atomic E-state index is 12.8. The van der Waals surface area contributed by atoms with E-state index in [0.29, 0.717) is 16.7 Å². The van der Waals surface area contributed by atoms with E-state index < -0.39 is 27.9 Å². The van der Waals surface area contributed by atoms with Crippen LogP contribution in [-0.4, -0.2) is 25.6 Å². The van der Waals surface area contributed by atoms with E-state index in [-0.39, 0.29) is 13.1 Å². The number of hydrogen-bond donors (Lipinski definition) is 0. The molecule has 2 aromatic carbocycles. The molecule has 0 aliphatic carbocycles. The Kier molecular flexibility index (Phi) is 6.83. The second kappa shape index (κ2) is 8.91. The molecule has 148 valence electrons. The van der Waals surface area contributed by atoms with Crippen molar-refractivity contribution in [2.45, 2.75) is 18.7 Å². The first-order valence-electron chi connectivity index (χ1n) is 8.05. The highest BCUT2D eigenvalue weighted by Gasteiger charge is 2.31. The van der Waals surface area contributed by atoms with E-state index in [1.807, 2.05) is 6.07 Å². The van der Waals surface area contributed by atoms with E-state index >= 15 is 0 Å². The molecule has 9 heteroatoms. The summed E-state index contributed by atoms with van der Waals surface area (Å²) in [5.74, 6) is -0.824. The van der Waals surface area contributed by atoms with Gasteiger partial charge in [0.2, 0.25) is 10.0 Å². The van der Waals surface area contributed by atoms with E-state index in [1.54, 1.807) is 24.3 Å². The number of alkyl halides is 3. The molecule has 0 radical (unpaired) electrons. The number of nitriles is 1. The van der Waals surface area contributed by atoms with Crippen molar-refractivity contribution in [2.24, 2.45) is 0 Å². The standard InChI is InChI=1S/C19H17F3N2O3S/c1-2-10-24(13-17-5-3-4-16(11-17)12-23)28(25,26)14-15-6-8-18(9-7-15)27-19(20,21)22/h2-9,11H,1,10,13-14H2. The van der Waals surface area contributed by atoms with Crippen molar-refractivity contribution in [3.8, 4) is 11.8 Å². The van der Waals surface area contributed by atoms with E-state index in [9.17, 15) is 21.6 Å². The van der Waals surface area contributed by atoms with E-state index in [0.717, 1.165) is 12.1 Å². The molecule has 0 fully saturated rings. The maximum atomic E-state index is 12.8. The molecule has 0 saturated carbocycles. The average Bonchev–Trinajstić information content (AvgIpc) is 2.62. The zero-order valence-corrected chi connectivity index (χ0v) is 15.5. The van der Waals surface area contributed by atoms with Gasteiger partial charge in [0.1, 0.15) is 5.75 Å². The molecule has 0 amide bonds. The number of sulfonamides is 1. The molecule has 5 nitrogen and oxygen atoms in total. The predicted molar refractivity (Wildman–Crippen MR) is 97.5 cm³/mol. The quantitative estimate of drug-likeness (QED) is 0.618. The van der Waals surface area contributed by atoms with Gasteiger partial charge in [-0.25, -0.2) is 8.42 Å². The molecular weight excluding hydrogens is 393 g/mol. The van der Waals surface area contributed by atoms with Crippen molar-refractivity contribution in [3.05, 3.63) is 77.9 Å². The lowest BCUT2D eigenvalue weighted by Gasteiger charge is -2.21. The third-order valence-electron chi connectivity index (χ3n) is 3.65. The number of rotatable bonds is 8. The highest BCUT2D eigenvalue weighted by Crippen LogP contribution is 2.24. The van der Waals surface area contributed by atoms with Gasteiger partial charge in [-0.1, -0.05) is 30.3 Å². The SMILES string of the molecule is C=CCN(Cc1cccc(C#N)c1)S(=O)(=O)Cc1ccc(OC(F)(F)F)cc1. The van der Waals surface area contributed by atoms with Crippen molar-refractivity contribution < 1.29 is 26.3 Å². The zero-order chi connectivity index (χ0) is 20.8. The lowest BCUT2D eigenvalue weighted by atomic mass is 10.1. The first kappa shape index (κ1) is 21.5. The first-order valence-corrected chi connectivity index (χ1v) is 9.66. The third kappa shape index (κ3) is 6.40. The molecule has 0 aliphatic heterocycles. The predicted octanol–water partition coefficient (Wildman–Crippen LogP) is 3.97. The van der Waals surface area contributed by atoms with Crippen LogP contribution in [0, 0.1) is 11.3 Å². The lowest BCUT2D eigenvalue weighted by molar-refractivity contribution is -0.274. The highest BCUT2D eigenvalue weighted by atomic mass is 32.2.